The van der Waals surface area contributed by atoms with E-state index in [4.69, 9.17) is 24.6 Å². The van der Waals surface area contributed by atoms with Crippen molar-refractivity contribution in [2.75, 3.05) is 25.6 Å². The minimum Gasteiger partial charge on any atom is -0.756 e. The number of nitrogens with zero attached hydrogens (tertiary/aromatic N) is 3. The van der Waals surface area contributed by atoms with Gasteiger partial charge in [0.05, 0.1) is 31.7 Å². The third-order valence-corrected chi connectivity index (χ3v) is 5.10. The molecule has 1 saturated heterocycles. The van der Waals surface area contributed by atoms with Gasteiger partial charge in [-0.25, -0.2) is 9.55 Å². The average Bonchev–Trinajstić information content (AvgIpc) is 3.15. The Morgan fingerprint density at radius 2 is 2.19 bits per heavy atom. The minimum atomic E-state index is -4.87. The van der Waals surface area contributed by atoms with Gasteiger partial charge in [0.2, 0.25) is 5.88 Å². The number of hydrogen-bond acceptors (Lipinski definition) is 9. The second-order valence-corrected chi connectivity index (χ2v) is 8.28. The van der Waals surface area contributed by atoms with Crippen LogP contribution >= 0.6 is 7.82 Å². The zero-order chi connectivity index (χ0) is 21.8. The normalized spacial score (nSPS) is 15.9. The zero-order valence-corrected chi connectivity index (χ0v) is 17.3. The summed E-state index contributed by atoms with van der Waals surface area (Å²) in [5, 5.41) is 4.07. The molecule has 4 rings (SSSR count). The number of hydrogen-bond donors (Lipinski definition) is 2. The van der Waals surface area contributed by atoms with Crippen LogP contribution in [0.1, 0.15) is 11.3 Å². The Bertz CT molecular complexity index is 1080. The van der Waals surface area contributed by atoms with Gasteiger partial charge in [0, 0.05) is 30.7 Å². The van der Waals surface area contributed by atoms with Crippen molar-refractivity contribution in [3.63, 3.8) is 0 Å². The van der Waals surface area contributed by atoms with Crippen LogP contribution < -0.4 is 19.9 Å². The molecule has 1 atom stereocenters. The number of nitrogens with two attached hydrogens (primary N) is 1. The Labute approximate surface area is 177 Å². The Balaban J connectivity index is 1.40. The number of phosphoric acid groups is 1. The quantitative estimate of drug-likeness (QED) is 0.352. The van der Waals surface area contributed by atoms with E-state index in [9.17, 15) is 9.46 Å². The standard InChI is InChI=1S/C19H21N4O7P/c20-19-16(2-1-5-23(19)12-29-31(24,25)26)17-7-15(22-30-17)6-13-3-4-18(21-8-13)28-11-14-9-27-10-14/h1-5,7-8,14,20H,6,9-12H2,(H2,24,25,26). The molecule has 12 heteroatoms. The lowest BCUT2D eigenvalue weighted by Gasteiger charge is -2.25. The molecule has 0 aliphatic carbocycles. The summed E-state index contributed by atoms with van der Waals surface area (Å²) in [5.41, 5.74) is 8.18. The van der Waals surface area contributed by atoms with Gasteiger partial charge in [-0.1, -0.05) is 11.2 Å². The number of rotatable bonds is 9. The summed E-state index contributed by atoms with van der Waals surface area (Å²) in [6.45, 7) is 1.58. The number of anilines is 1. The van der Waals surface area contributed by atoms with E-state index in [0.29, 0.717) is 41.8 Å². The van der Waals surface area contributed by atoms with Crippen LogP contribution in [0.25, 0.3) is 11.3 Å². The first-order valence-electron chi connectivity index (χ1n) is 9.45. The molecule has 3 aromatic heterocycles. The van der Waals surface area contributed by atoms with E-state index in [0.717, 1.165) is 18.8 Å². The second-order valence-electron chi connectivity index (χ2n) is 7.08. The minimum absolute atomic E-state index is 0.193. The smallest absolute Gasteiger partial charge is 0.285 e. The van der Waals surface area contributed by atoms with Crippen molar-refractivity contribution in [1.82, 2.24) is 10.1 Å². The van der Waals surface area contributed by atoms with Crippen LogP contribution in [0.2, 0.25) is 0 Å². The second kappa shape index (κ2) is 9.13. The van der Waals surface area contributed by atoms with Gasteiger partial charge >= 0.3 is 0 Å². The summed E-state index contributed by atoms with van der Waals surface area (Å²) >= 11 is 0. The van der Waals surface area contributed by atoms with Crippen LogP contribution in [0.5, 0.6) is 5.88 Å². The molecule has 0 saturated carbocycles. The molecule has 0 radical (unpaired) electrons. The zero-order valence-electron chi connectivity index (χ0n) is 16.4. The van der Waals surface area contributed by atoms with Crippen LogP contribution in [0.3, 0.4) is 0 Å². The molecule has 3 N–H and O–H groups in total. The molecule has 4 heterocycles. The maximum Gasteiger partial charge on any atom is 0.285 e. The van der Waals surface area contributed by atoms with E-state index in [1.165, 1.54) is 10.8 Å². The van der Waals surface area contributed by atoms with E-state index in [1.54, 1.807) is 24.4 Å². The van der Waals surface area contributed by atoms with Crippen LogP contribution in [-0.4, -0.2) is 34.9 Å². The van der Waals surface area contributed by atoms with Gasteiger partial charge in [0.1, 0.15) is 5.56 Å². The highest BCUT2D eigenvalue weighted by atomic mass is 31.2. The Morgan fingerprint density at radius 3 is 2.87 bits per heavy atom. The van der Waals surface area contributed by atoms with Crippen molar-refractivity contribution >= 4 is 13.6 Å². The molecular weight excluding hydrogens is 427 g/mol. The molecule has 0 spiro atoms. The summed E-state index contributed by atoms with van der Waals surface area (Å²) in [4.78, 5) is 23.9. The Kier molecular flexibility index (Phi) is 6.30. The van der Waals surface area contributed by atoms with Crippen molar-refractivity contribution in [2.24, 2.45) is 5.92 Å². The predicted octanol–water partition coefficient (Wildman–Crippen LogP) is 0.657. The third kappa shape index (κ3) is 5.66. The fourth-order valence-corrected chi connectivity index (χ4v) is 3.21. The fourth-order valence-electron chi connectivity index (χ4n) is 2.94. The summed E-state index contributed by atoms with van der Waals surface area (Å²) in [6, 6.07) is 8.80. The summed E-state index contributed by atoms with van der Waals surface area (Å²) in [7, 11) is -4.87. The van der Waals surface area contributed by atoms with Crippen LogP contribution in [0.15, 0.2) is 47.2 Å². The monoisotopic (exact) mass is 448 g/mol. The van der Waals surface area contributed by atoms with Crippen molar-refractivity contribution in [3.05, 3.63) is 54.0 Å². The molecule has 1 unspecified atom stereocenters. The molecule has 11 nitrogen and oxygen atoms in total. The first kappa shape index (κ1) is 21.4. The lowest BCUT2D eigenvalue weighted by Crippen LogP contribution is -2.38. The highest BCUT2D eigenvalue weighted by Crippen LogP contribution is 2.30. The number of nitrogen functional groups attached to an aromatic ring is 1. The number of aromatic nitrogens is 3. The van der Waals surface area contributed by atoms with Crippen LogP contribution in [0.4, 0.5) is 5.82 Å². The molecule has 0 amide bonds. The first-order chi connectivity index (χ1) is 14.9. The molecule has 3 aromatic rings. The highest BCUT2D eigenvalue weighted by Gasteiger charge is 2.20. The fraction of sp³-hybridized carbons (Fsp3) is 0.316. The van der Waals surface area contributed by atoms with Crippen molar-refractivity contribution < 1.29 is 37.4 Å². The SMILES string of the molecule is Nc1c(-c2cc(Cc3ccc(OCC4COC4)nc3)no2)ccc[n+]1COP(=O)([O-])O. The van der Waals surface area contributed by atoms with E-state index in [-0.39, 0.29) is 5.82 Å². The Hall–Kier alpha value is -2.82. The van der Waals surface area contributed by atoms with Crippen molar-refractivity contribution in [1.29, 1.82) is 0 Å². The average molecular weight is 448 g/mol. The predicted molar refractivity (Wildman–Crippen MR) is 104 cm³/mol. The lowest BCUT2D eigenvalue weighted by molar-refractivity contribution is -0.712. The van der Waals surface area contributed by atoms with E-state index >= 15 is 0 Å². The number of pyridine rings is 2. The van der Waals surface area contributed by atoms with Gasteiger partial charge in [0.15, 0.2) is 12.5 Å². The van der Waals surface area contributed by atoms with E-state index in [2.05, 4.69) is 14.7 Å². The van der Waals surface area contributed by atoms with Crippen LogP contribution in [-0.2, 0) is 27.0 Å². The van der Waals surface area contributed by atoms with Gasteiger partial charge in [0.25, 0.3) is 13.6 Å². The largest absolute Gasteiger partial charge is 0.756 e. The maximum absolute atomic E-state index is 10.8. The number of phosphoric ester groups is 1. The third-order valence-electron chi connectivity index (χ3n) is 4.66. The van der Waals surface area contributed by atoms with Crippen LogP contribution in [0, 0.1) is 5.92 Å². The topological polar surface area (TPSA) is 157 Å². The van der Waals surface area contributed by atoms with Gasteiger partial charge in [-0.3, -0.25) is 14.8 Å². The molecule has 31 heavy (non-hydrogen) atoms. The molecule has 0 bridgehead atoms. The Morgan fingerprint density at radius 1 is 1.35 bits per heavy atom. The molecular formula is C19H21N4O7P. The summed E-state index contributed by atoms with van der Waals surface area (Å²) < 4.78 is 32.7. The molecule has 1 aliphatic heterocycles. The maximum atomic E-state index is 10.8. The van der Waals surface area contributed by atoms with Gasteiger partial charge in [-0.2, -0.15) is 0 Å². The van der Waals surface area contributed by atoms with E-state index < -0.39 is 14.6 Å². The summed E-state index contributed by atoms with van der Waals surface area (Å²) in [6.07, 6.45) is 3.73. The molecule has 1 aliphatic rings. The molecule has 1 fully saturated rings. The van der Waals surface area contributed by atoms with Gasteiger partial charge in [-0.15, -0.1) is 0 Å². The summed E-state index contributed by atoms with van der Waals surface area (Å²) in [5.74, 6) is 1.59. The highest BCUT2D eigenvalue weighted by molar-refractivity contribution is 7.44. The van der Waals surface area contributed by atoms with E-state index in [1.807, 2.05) is 12.1 Å². The van der Waals surface area contributed by atoms with Crippen molar-refractivity contribution in [3.8, 4) is 17.2 Å². The number of ether oxygens (including phenoxy) is 2. The van der Waals surface area contributed by atoms with Gasteiger partial charge in [-0.05, 0) is 17.7 Å². The first-order valence-corrected chi connectivity index (χ1v) is 10.9. The van der Waals surface area contributed by atoms with Crippen molar-refractivity contribution in [2.45, 2.75) is 13.2 Å². The lowest BCUT2D eigenvalue weighted by atomic mass is 10.1. The molecule has 164 valence electrons. The van der Waals surface area contributed by atoms with Gasteiger partial charge < -0.3 is 23.8 Å². The molecule has 0 aromatic carbocycles.